The van der Waals surface area contributed by atoms with Gasteiger partial charge in [-0.2, -0.15) is 0 Å². The van der Waals surface area contributed by atoms with E-state index in [0.717, 1.165) is 12.0 Å². The second-order valence-corrected chi connectivity index (χ2v) is 8.34. The highest BCUT2D eigenvalue weighted by atomic mass is 16.5. The van der Waals surface area contributed by atoms with Gasteiger partial charge < -0.3 is 31.0 Å². The zero-order chi connectivity index (χ0) is 23.8. The van der Waals surface area contributed by atoms with Crippen LogP contribution in [0.1, 0.15) is 24.2 Å². The molecular weight excluding hydrogens is 436 g/mol. The lowest BCUT2D eigenvalue weighted by Gasteiger charge is -2.25. The van der Waals surface area contributed by atoms with Gasteiger partial charge in [0.15, 0.2) is 12.4 Å². The van der Waals surface area contributed by atoms with Crippen LogP contribution in [0, 0.1) is 0 Å². The molecule has 0 aliphatic carbocycles. The normalized spacial score (nSPS) is 17.1. The van der Waals surface area contributed by atoms with Crippen LogP contribution in [-0.2, 0) is 16.1 Å². The van der Waals surface area contributed by atoms with Gasteiger partial charge in [0.05, 0.1) is 28.0 Å². The zero-order valence-electron chi connectivity index (χ0n) is 18.4. The number of H-pyrrole nitrogens is 1. The SMILES string of the molecule is C=C(NCc1ccc2c(c1)NC(=O)CO2)c1nc2cccc(N3CCC[C@@H]3C(N)=O)c2c(=O)[nH]1. The van der Waals surface area contributed by atoms with Crippen molar-refractivity contribution in [2.45, 2.75) is 25.4 Å². The number of carbonyl (C=O) groups excluding carboxylic acids is 2. The molecule has 5 rings (SSSR count). The van der Waals surface area contributed by atoms with Crippen molar-refractivity contribution in [2.24, 2.45) is 5.73 Å². The summed E-state index contributed by atoms with van der Waals surface area (Å²) in [5, 5.41) is 6.36. The molecule has 0 unspecified atom stereocenters. The van der Waals surface area contributed by atoms with E-state index in [1.165, 1.54) is 0 Å². The number of anilines is 2. The van der Waals surface area contributed by atoms with Gasteiger partial charge in [0.25, 0.3) is 11.5 Å². The van der Waals surface area contributed by atoms with Crippen molar-refractivity contribution in [1.29, 1.82) is 0 Å². The minimum absolute atomic E-state index is 0.00502. The number of nitrogens with two attached hydrogens (primary N) is 1. The van der Waals surface area contributed by atoms with Gasteiger partial charge in [0.2, 0.25) is 5.91 Å². The summed E-state index contributed by atoms with van der Waals surface area (Å²) >= 11 is 0. The van der Waals surface area contributed by atoms with Gasteiger partial charge in [-0.15, -0.1) is 0 Å². The van der Waals surface area contributed by atoms with Gasteiger partial charge in [-0.25, -0.2) is 4.98 Å². The summed E-state index contributed by atoms with van der Waals surface area (Å²) in [7, 11) is 0. The number of ether oxygens (including phenoxy) is 1. The summed E-state index contributed by atoms with van der Waals surface area (Å²) in [5.74, 6) is 0.337. The number of hydrogen-bond acceptors (Lipinski definition) is 7. The molecule has 10 heteroatoms. The van der Waals surface area contributed by atoms with E-state index in [9.17, 15) is 14.4 Å². The molecule has 1 aromatic heterocycles. The van der Waals surface area contributed by atoms with Crippen molar-refractivity contribution in [2.75, 3.05) is 23.4 Å². The Bertz CT molecular complexity index is 1380. The monoisotopic (exact) mass is 460 g/mol. The van der Waals surface area contributed by atoms with E-state index >= 15 is 0 Å². The number of nitrogens with zero attached hydrogens (tertiary/aromatic N) is 2. The van der Waals surface area contributed by atoms with Crippen LogP contribution in [0.4, 0.5) is 11.4 Å². The smallest absolute Gasteiger partial charge is 0.262 e. The van der Waals surface area contributed by atoms with Crippen LogP contribution in [0.25, 0.3) is 16.6 Å². The number of nitrogens with one attached hydrogen (secondary N) is 3. The van der Waals surface area contributed by atoms with E-state index < -0.39 is 11.9 Å². The Morgan fingerprint density at radius 3 is 2.97 bits per heavy atom. The molecule has 3 heterocycles. The van der Waals surface area contributed by atoms with Gasteiger partial charge >= 0.3 is 0 Å². The van der Waals surface area contributed by atoms with E-state index in [2.05, 4.69) is 27.2 Å². The van der Waals surface area contributed by atoms with E-state index in [0.29, 0.717) is 59.1 Å². The standard InChI is InChI=1S/C24H24N6O4/c1-13(26-11-14-7-8-19-16(10-14)27-20(31)12-34-19)23-28-15-4-2-5-17(21(15)24(33)29-23)30-9-3-6-18(30)22(25)32/h2,4-5,7-8,10,18,26H,1,3,6,9,11-12H2,(H2,25,32)(H,27,31)(H,28,29,33)/t18-/m1/s1. The van der Waals surface area contributed by atoms with Crippen LogP contribution in [0.2, 0.25) is 0 Å². The highest BCUT2D eigenvalue weighted by Crippen LogP contribution is 2.30. The van der Waals surface area contributed by atoms with Crippen LogP contribution >= 0.6 is 0 Å². The lowest BCUT2D eigenvalue weighted by molar-refractivity contribution is -0.119. The second kappa shape index (κ2) is 8.54. The fraction of sp³-hybridized carbons (Fsp3) is 0.250. The Balaban J connectivity index is 1.38. The molecule has 0 saturated carbocycles. The van der Waals surface area contributed by atoms with Crippen molar-refractivity contribution in [1.82, 2.24) is 15.3 Å². The molecule has 10 nitrogen and oxygen atoms in total. The van der Waals surface area contributed by atoms with Crippen LogP contribution < -0.4 is 31.6 Å². The number of rotatable bonds is 6. The number of benzene rings is 2. The van der Waals surface area contributed by atoms with Crippen LogP contribution in [0.5, 0.6) is 5.75 Å². The second-order valence-electron chi connectivity index (χ2n) is 8.34. The fourth-order valence-corrected chi connectivity index (χ4v) is 4.44. The molecule has 34 heavy (non-hydrogen) atoms. The molecular formula is C24H24N6O4. The molecule has 0 radical (unpaired) electrons. The van der Waals surface area contributed by atoms with Gasteiger partial charge in [0, 0.05) is 13.1 Å². The Morgan fingerprint density at radius 2 is 2.15 bits per heavy atom. The first-order valence-corrected chi connectivity index (χ1v) is 11.0. The maximum atomic E-state index is 13.1. The number of primary amides is 1. The van der Waals surface area contributed by atoms with Crippen molar-refractivity contribution >= 4 is 39.8 Å². The number of carbonyl (C=O) groups is 2. The maximum Gasteiger partial charge on any atom is 0.262 e. The Morgan fingerprint density at radius 1 is 1.29 bits per heavy atom. The zero-order valence-corrected chi connectivity index (χ0v) is 18.4. The Hall–Kier alpha value is -4.34. The minimum Gasteiger partial charge on any atom is -0.482 e. The predicted molar refractivity (Wildman–Crippen MR) is 128 cm³/mol. The third-order valence-corrected chi connectivity index (χ3v) is 6.07. The van der Waals surface area contributed by atoms with Gasteiger partial charge in [0.1, 0.15) is 11.8 Å². The van der Waals surface area contributed by atoms with Gasteiger partial charge in [-0.3, -0.25) is 14.4 Å². The fourth-order valence-electron chi connectivity index (χ4n) is 4.44. The molecule has 0 bridgehead atoms. The summed E-state index contributed by atoms with van der Waals surface area (Å²) in [6, 6.07) is 10.4. The van der Waals surface area contributed by atoms with Crippen LogP contribution in [-0.4, -0.2) is 41.0 Å². The minimum atomic E-state index is -0.437. The topological polar surface area (TPSA) is 142 Å². The molecule has 174 valence electrons. The molecule has 5 N–H and O–H groups in total. The maximum absolute atomic E-state index is 13.1. The van der Waals surface area contributed by atoms with Crippen molar-refractivity contribution < 1.29 is 14.3 Å². The highest BCUT2D eigenvalue weighted by Gasteiger charge is 2.30. The Labute approximate surface area is 194 Å². The summed E-state index contributed by atoms with van der Waals surface area (Å²) in [6.45, 7) is 5.07. The molecule has 1 fully saturated rings. The first kappa shape index (κ1) is 21.5. The number of amides is 2. The summed E-state index contributed by atoms with van der Waals surface area (Å²) < 4.78 is 5.38. The molecule has 1 atom stereocenters. The predicted octanol–water partition coefficient (Wildman–Crippen LogP) is 1.47. The molecule has 3 aromatic rings. The molecule has 0 spiro atoms. The quantitative estimate of drug-likeness (QED) is 0.436. The molecule has 2 aromatic carbocycles. The molecule has 2 aliphatic heterocycles. The van der Waals surface area contributed by atoms with Crippen LogP contribution in [0.3, 0.4) is 0 Å². The average Bonchev–Trinajstić information content (AvgIpc) is 3.32. The lowest BCUT2D eigenvalue weighted by Crippen LogP contribution is -2.40. The van der Waals surface area contributed by atoms with Gasteiger partial charge in [-0.05, 0) is 42.7 Å². The summed E-state index contributed by atoms with van der Waals surface area (Å²) in [4.78, 5) is 45.8. The van der Waals surface area contributed by atoms with Crippen LogP contribution in [0.15, 0.2) is 47.8 Å². The largest absolute Gasteiger partial charge is 0.482 e. The average molecular weight is 460 g/mol. The van der Waals surface area contributed by atoms with Crippen molar-refractivity contribution in [3.05, 3.63) is 64.7 Å². The number of aromatic nitrogens is 2. The van der Waals surface area contributed by atoms with Crippen molar-refractivity contribution in [3.63, 3.8) is 0 Å². The molecule has 2 aliphatic rings. The first-order chi connectivity index (χ1) is 16.4. The lowest BCUT2D eigenvalue weighted by atomic mass is 10.1. The number of aromatic amines is 1. The van der Waals surface area contributed by atoms with E-state index in [1.807, 2.05) is 29.2 Å². The Kier molecular flexibility index (Phi) is 5.40. The van der Waals surface area contributed by atoms with E-state index in [1.54, 1.807) is 12.1 Å². The summed E-state index contributed by atoms with van der Waals surface area (Å²) in [6.07, 6.45) is 1.49. The third kappa shape index (κ3) is 3.94. The molecule has 2 amide bonds. The summed E-state index contributed by atoms with van der Waals surface area (Å²) in [5.41, 5.74) is 8.35. The molecule has 1 saturated heterocycles. The number of hydrogen-bond donors (Lipinski definition) is 4. The highest BCUT2D eigenvalue weighted by molar-refractivity contribution is 5.96. The third-order valence-electron chi connectivity index (χ3n) is 6.07. The van der Waals surface area contributed by atoms with Crippen molar-refractivity contribution in [3.8, 4) is 5.75 Å². The number of fused-ring (bicyclic) bond motifs is 2. The van der Waals surface area contributed by atoms with E-state index in [-0.39, 0.29) is 18.1 Å². The van der Waals surface area contributed by atoms with Gasteiger partial charge in [-0.1, -0.05) is 18.7 Å². The first-order valence-electron chi connectivity index (χ1n) is 11.0. The van der Waals surface area contributed by atoms with E-state index in [4.69, 9.17) is 10.5 Å².